The van der Waals surface area contributed by atoms with Crippen LogP contribution >= 0.6 is 35.3 Å². The molecular weight excluding hydrogens is 532 g/mol. The van der Waals surface area contributed by atoms with Gasteiger partial charge in [-0.05, 0) is 6.07 Å². The van der Waals surface area contributed by atoms with Crippen molar-refractivity contribution >= 4 is 47.1 Å². The number of aliphatic imine (C=N–C) groups is 1. The first-order valence-electron chi connectivity index (χ1n) is 9.20. The normalized spacial score (nSPS) is 14.9. The van der Waals surface area contributed by atoms with Crippen LogP contribution in [-0.4, -0.2) is 55.8 Å². The van der Waals surface area contributed by atoms with E-state index in [4.69, 9.17) is 4.74 Å². The lowest BCUT2D eigenvalue weighted by atomic mass is 10.2. The third-order valence-corrected chi connectivity index (χ3v) is 5.23. The Balaban J connectivity index is 0.00000320. The highest BCUT2D eigenvalue weighted by Gasteiger charge is 2.33. The minimum Gasteiger partial charge on any atom is -0.378 e. The van der Waals surface area contributed by atoms with Crippen LogP contribution < -0.4 is 15.5 Å². The van der Waals surface area contributed by atoms with Gasteiger partial charge >= 0.3 is 6.18 Å². The zero-order chi connectivity index (χ0) is 20.7. The van der Waals surface area contributed by atoms with E-state index in [1.165, 1.54) is 0 Å². The molecule has 30 heavy (non-hydrogen) atoms. The summed E-state index contributed by atoms with van der Waals surface area (Å²) in [6, 6.07) is 3.89. The maximum absolute atomic E-state index is 12.6. The molecule has 2 aromatic rings. The van der Waals surface area contributed by atoms with E-state index in [1.54, 1.807) is 13.2 Å². The number of thiazole rings is 1. The monoisotopic (exact) mass is 556 g/mol. The van der Waals surface area contributed by atoms with Gasteiger partial charge in [0.25, 0.3) is 0 Å². The Morgan fingerprint density at radius 3 is 2.73 bits per heavy atom. The fourth-order valence-corrected chi connectivity index (χ4v) is 3.68. The number of nitrogens with zero attached hydrogens (tertiary/aromatic N) is 4. The highest BCUT2D eigenvalue weighted by atomic mass is 127. The number of pyridine rings is 1. The lowest BCUT2D eigenvalue weighted by Gasteiger charge is -2.29. The van der Waals surface area contributed by atoms with Crippen molar-refractivity contribution < 1.29 is 17.9 Å². The van der Waals surface area contributed by atoms with Crippen molar-refractivity contribution in [2.24, 2.45) is 4.99 Å². The molecule has 3 heterocycles. The van der Waals surface area contributed by atoms with E-state index in [1.807, 2.05) is 12.1 Å². The van der Waals surface area contributed by atoms with Gasteiger partial charge in [0.05, 0.1) is 18.2 Å². The molecule has 0 saturated carbocycles. The van der Waals surface area contributed by atoms with Crippen LogP contribution in [0.5, 0.6) is 0 Å². The van der Waals surface area contributed by atoms with Gasteiger partial charge in [-0.3, -0.25) is 4.99 Å². The van der Waals surface area contributed by atoms with E-state index in [2.05, 4.69) is 30.5 Å². The third-order valence-electron chi connectivity index (χ3n) is 4.32. The molecule has 1 aliphatic rings. The van der Waals surface area contributed by atoms with Gasteiger partial charge in [0.15, 0.2) is 11.7 Å². The summed E-state index contributed by atoms with van der Waals surface area (Å²) in [4.78, 5) is 14.5. The summed E-state index contributed by atoms with van der Waals surface area (Å²) in [6.45, 7) is 3.90. The molecule has 12 heteroatoms. The third kappa shape index (κ3) is 6.94. The van der Waals surface area contributed by atoms with Crippen molar-refractivity contribution in [1.29, 1.82) is 0 Å². The molecule has 0 bridgehead atoms. The second-order valence-corrected chi connectivity index (χ2v) is 7.25. The first kappa shape index (κ1) is 24.6. The van der Waals surface area contributed by atoms with E-state index in [9.17, 15) is 13.2 Å². The molecule has 1 aliphatic heterocycles. The number of halogens is 4. The number of hydrogen-bond acceptors (Lipinski definition) is 6. The summed E-state index contributed by atoms with van der Waals surface area (Å²) < 4.78 is 43.3. The molecular formula is C18H24F3IN6OS. The largest absolute Gasteiger partial charge is 0.434 e. The lowest BCUT2D eigenvalue weighted by molar-refractivity contribution is -0.140. The molecule has 1 fully saturated rings. The van der Waals surface area contributed by atoms with Gasteiger partial charge < -0.3 is 20.3 Å². The van der Waals surface area contributed by atoms with Gasteiger partial charge in [0, 0.05) is 56.8 Å². The highest BCUT2D eigenvalue weighted by molar-refractivity contribution is 14.0. The van der Waals surface area contributed by atoms with Gasteiger partial charge in [-0.1, -0.05) is 6.07 Å². The summed E-state index contributed by atoms with van der Waals surface area (Å²) in [5, 5.41) is 7.80. The van der Waals surface area contributed by atoms with Crippen LogP contribution in [0.1, 0.15) is 16.3 Å². The molecule has 0 radical (unpaired) electrons. The smallest absolute Gasteiger partial charge is 0.378 e. The molecule has 0 aliphatic carbocycles. The minimum atomic E-state index is -4.40. The number of morpholine rings is 1. The van der Waals surface area contributed by atoms with Crippen LogP contribution in [0.4, 0.5) is 19.0 Å². The molecule has 7 nitrogen and oxygen atoms in total. The number of guanidine groups is 1. The van der Waals surface area contributed by atoms with Crippen molar-refractivity contribution in [2.45, 2.75) is 19.1 Å². The molecule has 0 spiro atoms. The second kappa shape index (κ2) is 11.6. The van der Waals surface area contributed by atoms with Crippen molar-refractivity contribution in [3.63, 3.8) is 0 Å². The molecule has 1 saturated heterocycles. The number of nitrogens with one attached hydrogen (secondary N) is 2. The Bertz CT molecular complexity index is 826. The van der Waals surface area contributed by atoms with Crippen LogP contribution in [0, 0.1) is 0 Å². The van der Waals surface area contributed by atoms with E-state index < -0.39 is 11.9 Å². The van der Waals surface area contributed by atoms with Gasteiger partial charge in [-0.2, -0.15) is 13.2 Å². The average Bonchev–Trinajstić information content (AvgIpc) is 3.21. The first-order valence-corrected chi connectivity index (χ1v) is 10.1. The summed E-state index contributed by atoms with van der Waals surface area (Å²) in [7, 11) is 1.65. The van der Waals surface area contributed by atoms with Gasteiger partial charge in [-0.15, -0.1) is 35.3 Å². The van der Waals surface area contributed by atoms with Crippen molar-refractivity contribution in [3.05, 3.63) is 40.0 Å². The van der Waals surface area contributed by atoms with Crippen LogP contribution in [0.3, 0.4) is 0 Å². The maximum Gasteiger partial charge on any atom is 0.434 e. The van der Waals surface area contributed by atoms with Crippen molar-refractivity contribution in [2.75, 3.05) is 44.8 Å². The number of rotatable bonds is 6. The fourth-order valence-electron chi connectivity index (χ4n) is 2.87. The Morgan fingerprint density at radius 2 is 2.07 bits per heavy atom. The summed E-state index contributed by atoms with van der Waals surface area (Å²) in [5.74, 6) is 1.48. The van der Waals surface area contributed by atoms with Crippen LogP contribution in [0.2, 0.25) is 0 Å². The minimum absolute atomic E-state index is 0. The molecule has 2 N–H and O–H groups in total. The number of alkyl halides is 3. The number of hydrogen-bond donors (Lipinski definition) is 2. The Hall–Kier alpha value is -1.67. The van der Waals surface area contributed by atoms with Crippen LogP contribution in [0.25, 0.3) is 0 Å². The SMILES string of the molecule is CN=C(NCCc1nc(C(F)(F)F)cs1)NCc1cccnc1N1CCOCC1.I. The quantitative estimate of drug-likeness (QED) is 0.324. The molecule has 0 aromatic carbocycles. The Labute approximate surface area is 194 Å². The van der Waals surface area contributed by atoms with E-state index >= 15 is 0 Å². The Kier molecular flexibility index (Phi) is 9.55. The second-order valence-electron chi connectivity index (χ2n) is 6.31. The molecule has 0 amide bonds. The van der Waals surface area contributed by atoms with E-state index in [-0.39, 0.29) is 24.0 Å². The topological polar surface area (TPSA) is 74.7 Å². The van der Waals surface area contributed by atoms with Crippen molar-refractivity contribution in [3.8, 4) is 0 Å². The zero-order valence-corrected chi connectivity index (χ0v) is 19.6. The van der Waals surface area contributed by atoms with Gasteiger partial charge in [0.2, 0.25) is 0 Å². The first-order chi connectivity index (χ1) is 14.0. The number of anilines is 1. The van der Waals surface area contributed by atoms with Gasteiger partial charge in [-0.25, -0.2) is 9.97 Å². The summed E-state index contributed by atoms with van der Waals surface area (Å²) in [6.07, 6.45) is -2.25. The molecule has 166 valence electrons. The lowest BCUT2D eigenvalue weighted by Crippen LogP contribution is -2.40. The maximum atomic E-state index is 12.6. The predicted molar refractivity (Wildman–Crippen MR) is 122 cm³/mol. The van der Waals surface area contributed by atoms with Crippen LogP contribution in [0.15, 0.2) is 28.7 Å². The van der Waals surface area contributed by atoms with Crippen molar-refractivity contribution in [1.82, 2.24) is 20.6 Å². The molecule has 3 rings (SSSR count). The van der Waals surface area contributed by atoms with E-state index in [0.29, 0.717) is 43.7 Å². The average molecular weight is 556 g/mol. The van der Waals surface area contributed by atoms with E-state index in [0.717, 1.165) is 41.2 Å². The van der Waals surface area contributed by atoms with Gasteiger partial charge in [0.1, 0.15) is 5.82 Å². The predicted octanol–water partition coefficient (Wildman–Crippen LogP) is 2.92. The molecule has 0 unspecified atom stereocenters. The highest BCUT2D eigenvalue weighted by Crippen LogP contribution is 2.30. The molecule has 0 atom stereocenters. The summed E-state index contributed by atoms with van der Waals surface area (Å²) >= 11 is 1.01. The zero-order valence-electron chi connectivity index (χ0n) is 16.4. The fraction of sp³-hybridized carbons (Fsp3) is 0.500. The number of aromatic nitrogens is 2. The number of ether oxygens (including phenoxy) is 1. The summed E-state index contributed by atoms with van der Waals surface area (Å²) in [5.41, 5.74) is 0.194. The Morgan fingerprint density at radius 1 is 1.30 bits per heavy atom. The standard InChI is InChI=1S/C18H23F3N6OS.HI/c1-22-17(24-6-4-15-26-14(12-29-15)18(19,20)21)25-11-13-3-2-5-23-16(13)27-7-9-28-10-8-27;/h2-3,5,12H,4,6-11H2,1H3,(H2,22,24,25);1H. The molecule has 2 aromatic heterocycles. The van der Waals surface area contributed by atoms with Crippen LogP contribution in [-0.2, 0) is 23.9 Å².